The summed E-state index contributed by atoms with van der Waals surface area (Å²) >= 11 is 1.28. The van der Waals surface area contributed by atoms with Crippen molar-refractivity contribution in [3.8, 4) is 11.3 Å². The monoisotopic (exact) mass is 333 g/mol. The third-order valence-electron chi connectivity index (χ3n) is 4.05. The van der Waals surface area contributed by atoms with Gasteiger partial charge in [-0.1, -0.05) is 0 Å². The maximum absolute atomic E-state index is 13.4. The van der Waals surface area contributed by atoms with Crippen molar-refractivity contribution in [3.63, 3.8) is 0 Å². The van der Waals surface area contributed by atoms with Gasteiger partial charge in [0.25, 0.3) is 0 Å². The van der Waals surface area contributed by atoms with E-state index in [-0.39, 0.29) is 11.6 Å². The lowest BCUT2D eigenvalue weighted by molar-refractivity contribution is 0.345. The molecule has 0 amide bonds. The number of nitrogens with zero attached hydrogens (tertiary/aromatic N) is 2. The molecule has 1 fully saturated rings. The second-order valence-electron chi connectivity index (χ2n) is 5.70. The maximum Gasteiger partial charge on any atom is 0.159 e. The highest BCUT2D eigenvalue weighted by molar-refractivity contribution is 7.11. The molecule has 0 spiro atoms. The molecular weight excluding hydrogens is 320 g/mol. The van der Waals surface area contributed by atoms with Crippen molar-refractivity contribution in [2.75, 3.05) is 6.54 Å². The molecule has 23 heavy (non-hydrogen) atoms. The predicted octanol–water partition coefficient (Wildman–Crippen LogP) is 3.81. The molecule has 0 atom stereocenters. The maximum atomic E-state index is 13.4. The van der Waals surface area contributed by atoms with E-state index >= 15 is 0 Å². The van der Waals surface area contributed by atoms with Crippen molar-refractivity contribution >= 4 is 22.7 Å². The third kappa shape index (κ3) is 2.41. The zero-order valence-corrected chi connectivity index (χ0v) is 12.8. The molecule has 2 N–H and O–H groups in total. The molecular formula is C16H13F2N3OS. The molecule has 0 unspecified atom stereocenters. The molecule has 2 aromatic rings. The number of rotatable bonds is 3. The normalized spacial score (nSPS) is 18.2. The zero-order valence-electron chi connectivity index (χ0n) is 12.0. The van der Waals surface area contributed by atoms with E-state index < -0.39 is 11.6 Å². The number of halogens is 2. The van der Waals surface area contributed by atoms with E-state index in [0.717, 1.165) is 25.0 Å². The quantitative estimate of drug-likeness (QED) is 0.898. The van der Waals surface area contributed by atoms with Crippen molar-refractivity contribution in [2.24, 2.45) is 0 Å². The van der Waals surface area contributed by atoms with Gasteiger partial charge in [-0.25, -0.2) is 13.8 Å². The van der Waals surface area contributed by atoms with E-state index in [1.54, 1.807) is 5.38 Å². The predicted molar refractivity (Wildman–Crippen MR) is 84.5 cm³/mol. The Kier molecular flexibility index (Phi) is 3.19. The van der Waals surface area contributed by atoms with E-state index in [0.29, 0.717) is 34.4 Å². The number of hydrogen-bond acceptors (Lipinski definition) is 4. The molecule has 4 rings (SSSR count). The van der Waals surface area contributed by atoms with E-state index in [9.17, 15) is 13.9 Å². The number of nitrogens with one attached hydrogen (secondary N) is 1. The van der Waals surface area contributed by atoms with Crippen LogP contribution >= 0.6 is 11.3 Å². The molecule has 0 saturated heterocycles. The molecule has 0 bridgehead atoms. The summed E-state index contributed by atoms with van der Waals surface area (Å²) in [5.74, 6) is -1.39. The standard InChI is InChI=1S/C16H13F2N3OS/c17-10-4-1-8(5-11(10)18)12-7-23-16(20-12)14-13(22)6-21(15(14)19)9-2-3-9/h1,4-5,7,9,19,22H,2-3,6H2. The van der Waals surface area contributed by atoms with Gasteiger partial charge in [-0.3, -0.25) is 5.41 Å². The minimum absolute atomic E-state index is 0.146. The van der Waals surface area contributed by atoms with E-state index in [2.05, 4.69) is 4.98 Å². The van der Waals surface area contributed by atoms with Crippen molar-refractivity contribution in [1.82, 2.24) is 9.88 Å². The summed E-state index contributed by atoms with van der Waals surface area (Å²) in [4.78, 5) is 6.27. The van der Waals surface area contributed by atoms with Crippen molar-refractivity contribution in [3.05, 3.63) is 46.0 Å². The van der Waals surface area contributed by atoms with Gasteiger partial charge in [0.2, 0.25) is 0 Å². The average molecular weight is 333 g/mol. The highest BCUT2D eigenvalue weighted by Gasteiger charge is 2.39. The molecule has 1 aliphatic heterocycles. The van der Waals surface area contributed by atoms with E-state index in [1.165, 1.54) is 17.4 Å². The van der Waals surface area contributed by atoms with Crippen LogP contribution in [0, 0.1) is 17.0 Å². The fourth-order valence-corrected chi connectivity index (χ4v) is 3.59. The van der Waals surface area contributed by atoms with E-state index in [1.807, 2.05) is 4.90 Å². The van der Waals surface area contributed by atoms with Crippen molar-refractivity contribution in [2.45, 2.75) is 18.9 Å². The summed E-state index contributed by atoms with van der Waals surface area (Å²) in [6.07, 6.45) is 2.09. The molecule has 1 aliphatic carbocycles. The molecule has 1 saturated carbocycles. The first-order chi connectivity index (χ1) is 11.0. The number of thiazole rings is 1. The van der Waals surface area contributed by atoms with Crippen LogP contribution in [0.3, 0.4) is 0 Å². The first-order valence-corrected chi connectivity index (χ1v) is 8.11. The second-order valence-corrected chi connectivity index (χ2v) is 6.55. The Morgan fingerprint density at radius 2 is 2.04 bits per heavy atom. The zero-order chi connectivity index (χ0) is 16.1. The first-order valence-electron chi connectivity index (χ1n) is 7.23. The Morgan fingerprint density at radius 1 is 1.26 bits per heavy atom. The van der Waals surface area contributed by atoms with E-state index in [4.69, 9.17) is 5.41 Å². The van der Waals surface area contributed by atoms with Crippen LogP contribution < -0.4 is 0 Å². The molecule has 1 aromatic heterocycles. The van der Waals surface area contributed by atoms with Gasteiger partial charge in [-0.15, -0.1) is 11.3 Å². The minimum atomic E-state index is -0.923. The highest BCUT2D eigenvalue weighted by Crippen LogP contribution is 2.37. The third-order valence-corrected chi connectivity index (χ3v) is 4.91. The Balaban J connectivity index is 1.66. The lowest BCUT2D eigenvalue weighted by Crippen LogP contribution is -2.28. The molecule has 4 nitrogen and oxygen atoms in total. The smallest absolute Gasteiger partial charge is 0.159 e. The fourth-order valence-electron chi connectivity index (χ4n) is 2.70. The molecule has 2 aliphatic rings. The number of hydrogen-bond donors (Lipinski definition) is 2. The number of aliphatic hydroxyl groups excluding tert-OH is 1. The topological polar surface area (TPSA) is 60.2 Å². The highest BCUT2D eigenvalue weighted by atomic mass is 32.1. The summed E-state index contributed by atoms with van der Waals surface area (Å²) in [6.45, 7) is 0.346. The van der Waals surface area contributed by atoms with Crippen LogP contribution in [0.5, 0.6) is 0 Å². The van der Waals surface area contributed by atoms with Crippen LogP contribution in [0.25, 0.3) is 16.8 Å². The first kappa shape index (κ1) is 14.3. The van der Waals surface area contributed by atoms with Gasteiger partial charge >= 0.3 is 0 Å². The largest absolute Gasteiger partial charge is 0.510 e. The Bertz CT molecular complexity index is 842. The van der Waals surface area contributed by atoms with Crippen molar-refractivity contribution in [1.29, 1.82) is 5.41 Å². The SMILES string of the molecule is N=C1C(c2nc(-c3ccc(F)c(F)c3)cs2)=C(O)CN1C1CC1. The van der Waals surface area contributed by atoms with Gasteiger partial charge in [-0.05, 0) is 31.0 Å². The molecule has 1 aromatic carbocycles. The number of benzene rings is 1. The summed E-state index contributed by atoms with van der Waals surface area (Å²) < 4.78 is 26.4. The Hall–Kier alpha value is -2.28. The summed E-state index contributed by atoms with van der Waals surface area (Å²) in [5, 5.41) is 20.7. The van der Waals surface area contributed by atoms with Crippen LogP contribution in [-0.4, -0.2) is 33.4 Å². The van der Waals surface area contributed by atoms with Crippen LogP contribution in [0.2, 0.25) is 0 Å². The summed E-state index contributed by atoms with van der Waals surface area (Å²) in [6, 6.07) is 3.96. The van der Waals surface area contributed by atoms with Gasteiger partial charge in [0.15, 0.2) is 11.6 Å². The van der Waals surface area contributed by atoms with Crippen molar-refractivity contribution < 1.29 is 13.9 Å². The lowest BCUT2D eigenvalue weighted by Gasteiger charge is -2.16. The Labute approximate surface area is 135 Å². The van der Waals surface area contributed by atoms with Gasteiger partial charge in [0, 0.05) is 17.0 Å². The van der Waals surface area contributed by atoms with Crippen LogP contribution in [0.15, 0.2) is 29.3 Å². The van der Waals surface area contributed by atoms with Gasteiger partial charge in [-0.2, -0.15) is 0 Å². The Morgan fingerprint density at radius 3 is 2.74 bits per heavy atom. The average Bonchev–Trinajstić information content (AvgIpc) is 3.18. The molecule has 0 radical (unpaired) electrons. The number of aromatic nitrogens is 1. The lowest BCUT2D eigenvalue weighted by atomic mass is 10.1. The number of aliphatic hydroxyl groups is 1. The fraction of sp³-hybridized carbons (Fsp3) is 0.250. The van der Waals surface area contributed by atoms with Gasteiger partial charge in [0.05, 0.1) is 17.8 Å². The molecule has 118 valence electrons. The summed E-state index contributed by atoms with van der Waals surface area (Å²) in [5.41, 5.74) is 1.41. The summed E-state index contributed by atoms with van der Waals surface area (Å²) in [7, 11) is 0. The minimum Gasteiger partial charge on any atom is -0.510 e. The molecule has 7 heteroatoms. The van der Waals surface area contributed by atoms with Crippen LogP contribution in [0.4, 0.5) is 8.78 Å². The van der Waals surface area contributed by atoms with Crippen LogP contribution in [0.1, 0.15) is 17.8 Å². The van der Waals surface area contributed by atoms with Crippen LogP contribution in [-0.2, 0) is 0 Å². The molecule has 2 heterocycles. The van der Waals surface area contributed by atoms with Gasteiger partial charge in [0.1, 0.15) is 16.6 Å². The second kappa shape index (κ2) is 5.13. The van der Waals surface area contributed by atoms with Gasteiger partial charge < -0.3 is 10.0 Å². The number of amidine groups is 1.